The first-order chi connectivity index (χ1) is 13.0. The first-order valence-electron chi connectivity index (χ1n) is 9.02. The minimum atomic E-state index is -3.62. The molecule has 0 bridgehead atoms. The summed E-state index contributed by atoms with van der Waals surface area (Å²) in [6.07, 6.45) is 2.24. The topological polar surface area (TPSA) is 92.7 Å². The number of ether oxygens (including phenoxy) is 1. The molecule has 0 saturated carbocycles. The lowest BCUT2D eigenvalue weighted by atomic mass is 9.85. The highest BCUT2D eigenvalue weighted by Gasteiger charge is 2.31. The van der Waals surface area contributed by atoms with Crippen molar-refractivity contribution < 1.29 is 23.1 Å². The van der Waals surface area contributed by atoms with E-state index < -0.39 is 21.7 Å². The summed E-state index contributed by atoms with van der Waals surface area (Å²) in [6, 6.07) is 11.5. The number of sulfone groups is 1. The summed E-state index contributed by atoms with van der Waals surface area (Å²) in [7, 11) is -3.62. The lowest BCUT2D eigenvalue weighted by Gasteiger charge is -2.26. The number of aliphatic carboxylic acids is 1. The van der Waals surface area contributed by atoms with Crippen molar-refractivity contribution in [1.29, 1.82) is 0 Å². The maximum atomic E-state index is 12.9. The second-order valence-electron chi connectivity index (χ2n) is 7.06. The number of hydrogen-bond acceptors (Lipinski definition) is 5. The first-order valence-corrected chi connectivity index (χ1v) is 10.5. The molecule has 0 aliphatic carbocycles. The van der Waals surface area contributed by atoms with E-state index in [2.05, 4.69) is 5.32 Å². The molecule has 2 heterocycles. The molecule has 2 aliphatic rings. The summed E-state index contributed by atoms with van der Waals surface area (Å²) >= 11 is 0. The van der Waals surface area contributed by atoms with Gasteiger partial charge in [0.15, 0.2) is 0 Å². The molecule has 2 N–H and O–H groups in total. The third kappa shape index (κ3) is 3.33. The zero-order valence-electron chi connectivity index (χ0n) is 14.7. The minimum Gasteiger partial charge on any atom is -0.481 e. The average molecular weight is 387 g/mol. The number of carboxylic acid groups (broad SMARTS) is 1. The lowest BCUT2D eigenvalue weighted by molar-refractivity contribution is -0.139. The van der Waals surface area contributed by atoms with Gasteiger partial charge in [-0.25, -0.2) is 8.42 Å². The Bertz CT molecular complexity index is 980. The van der Waals surface area contributed by atoms with Crippen molar-refractivity contribution in [1.82, 2.24) is 0 Å². The van der Waals surface area contributed by atoms with Crippen LogP contribution in [0.4, 0.5) is 11.4 Å². The van der Waals surface area contributed by atoms with Gasteiger partial charge in [0.2, 0.25) is 9.84 Å². The van der Waals surface area contributed by atoms with E-state index in [1.54, 1.807) is 36.4 Å². The Kier molecular flexibility index (Phi) is 4.65. The van der Waals surface area contributed by atoms with Crippen LogP contribution in [0.1, 0.15) is 30.7 Å². The van der Waals surface area contributed by atoms with Gasteiger partial charge in [-0.05, 0) is 55.0 Å². The van der Waals surface area contributed by atoms with Crippen molar-refractivity contribution >= 4 is 27.2 Å². The molecule has 0 radical (unpaired) electrons. The monoisotopic (exact) mass is 387 g/mol. The summed E-state index contributed by atoms with van der Waals surface area (Å²) < 4.78 is 31.1. The van der Waals surface area contributed by atoms with E-state index >= 15 is 0 Å². The number of anilines is 2. The molecule has 0 spiro atoms. The van der Waals surface area contributed by atoms with Gasteiger partial charge in [-0.1, -0.05) is 18.2 Å². The largest absolute Gasteiger partial charge is 0.481 e. The third-order valence-electron chi connectivity index (χ3n) is 5.35. The molecule has 1 saturated heterocycles. The van der Waals surface area contributed by atoms with Crippen LogP contribution in [-0.4, -0.2) is 32.7 Å². The molecule has 1 unspecified atom stereocenters. The van der Waals surface area contributed by atoms with E-state index in [4.69, 9.17) is 4.74 Å². The maximum Gasteiger partial charge on any atom is 0.310 e. The minimum absolute atomic E-state index is 0.181. The number of rotatable bonds is 4. The van der Waals surface area contributed by atoms with Crippen LogP contribution in [0.2, 0.25) is 0 Å². The van der Waals surface area contributed by atoms with Gasteiger partial charge in [-0.2, -0.15) is 0 Å². The summed E-state index contributed by atoms with van der Waals surface area (Å²) in [5.74, 6) is -1.26. The molecule has 2 aromatic carbocycles. The fourth-order valence-corrected chi connectivity index (χ4v) is 5.41. The highest BCUT2D eigenvalue weighted by molar-refractivity contribution is 7.92. The van der Waals surface area contributed by atoms with Gasteiger partial charge in [0.05, 0.1) is 27.1 Å². The maximum absolute atomic E-state index is 12.9. The molecular formula is C20H21NO5S. The van der Waals surface area contributed by atoms with E-state index in [-0.39, 0.29) is 9.79 Å². The molecule has 142 valence electrons. The zero-order chi connectivity index (χ0) is 19.0. The van der Waals surface area contributed by atoms with Gasteiger partial charge in [0.25, 0.3) is 0 Å². The van der Waals surface area contributed by atoms with E-state index in [0.29, 0.717) is 42.5 Å². The molecule has 4 rings (SSSR count). The Morgan fingerprint density at radius 2 is 1.81 bits per heavy atom. The van der Waals surface area contributed by atoms with Gasteiger partial charge >= 0.3 is 5.97 Å². The van der Waals surface area contributed by atoms with Crippen LogP contribution in [0.25, 0.3) is 0 Å². The van der Waals surface area contributed by atoms with Crippen molar-refractivity contribution in [2.75, 3.05) is 18.5 Å². The van der Waals surface area contributed by atoms with Gasteiger partial charge in [-0.15, -0.1) is 0 Å². The van der Waals surface area contributed by atoms with Crippen molar-refractivity contribution in [2.45, 2.75) is 35.0 Å². The number of carbonyl (C=O) groups is 1. The third-order valence-corrected chi connectivity index (χ3v) is 7.22. The van der Waals surface area contributed by atoms with Crippen molar-refractivity contribution in [3.05, 3.63) is 48.0 Å². The van der Waals surface area contributed by atoms with Crippen molar-refractivity contribution in [2.24, 2.45) is 5.92 Å². The highest BCUT2D eigenvalue weighted by Crippen LogP contribution is 2.41. The van der Waals surface area contributed by atoms with Gasteiger partial charge in [0.1, 0.15) is 0 Å². The Labute approximate surface area is 158 Å². The number of fused-ring (bicyclic) bond motifs is 2. The summed E-state index contributed by atoms with van der Waals surface area (Å²) in [6.45, 7) is 1.33. The number of carboxylic acids is 1. The van der Waals surface area contributed by atoms with E-state index in [0.717, 1.165) is 12.8 Å². The van der Waals surface area contributed by atoms with Crippen LogP contribution in [0, 0.1) is 5.92 Å². The molecule has 27 heavy (non-hydrogen) atoms. The summed E-state index contributed by atoms with van der Waals surface area (Å²) in [4.78, 5) is 12.3. The van der Waals surface area contributed by atoms with Gasteiger partial charge in [0, 0.05) is 13.2 Å². The van der Waals surface area contributed by atoms with Crippen molar-refractivity contribution in [3.63, 3.8) is 0 Å². The predicted octanol–water partition coefficient (Wildman–Crippen LogP) is 3.56. The number of hydrogen-bond donors (Lipinski definition) is 2. The molecule has 6 nitrogen and oxygen atoms in total. The molecule has 0 amide bonds. The smallest absolute Gasteiger partial charge is 0.310 e. The van der Waals surface area contributed by atoms with Crippen molar-refractivity contribution in [3.8, 4) is 0 Å². The fraction of sp³-hybridized carbons (Fsp3) is 0.350. The van der Waals surface area contributed by atoms with Crippen LogP contribution in [0.3, 0.4) is 0 Å². The van der Waals surface area contributed by atoms with Crippen LogP contribution < -0.4 is 5.32 Å². The average Bonchev–Trinajstić information content (AvgIpc) is 2.66. The Balaban J connectivity index is 1.69. The Morgan fingerprint density at radius 1 is 1.11 bits per heavy atom. The van der Waals surface area contributed by atoms with E-state index in [1.807, 2.05) is 0 Å². The number of nitrogens with one attached hydrogen (secondary N) is 1. The summed E-state index contributed by atoms with van der Waals surface area (Å²) in [5, 5.41) is 12.9. The molecular weight excluding hydrogens is 366 g/mol. The van der Waals surface area contributed by atoms with Crippen LogP contribution in [-0.2, 0) is 19.4 Å². The quantitative estimate of drug-likeness (QED) is 0.711. The SMILES string of the molecule is O=C(O)C(CC1CCOCC1)c1ccc2c(c1)Nc1ccccc1S2(=O)=O. The highest BCUT2D eigenvalue weighted by atomic mass is 32.2. The molecule has 2 aromatic rings. The lowest BCUT2D eigenvalue weighted by Crippen LogP contribution is -2.22. The van der Waals surface area contributed by atoms with Crippen LogP contribution in [0.15, 0.2) is 52.3 Å². The molecule has 1 atom stereocenters. The first kappa shape index (κ1) is 18.0. The van der Waals surface area contributed by atoms with Crippen LogP contribution >= 0.6 is 0 Å². The standard InChI is InChI=1S/C20H21NO5S/c22-20(23)15(11-13-7-9-26-10-8-13)14-5-6-19-17(12-14)21-16-3-1-2-4-18(16)27(19,24)25/h1-6,12-13,15,21H,7-11H2,(H,22,23). The molecule has 2 aliphatic heterocycles. The number of benzene rings is 2. The molecule has 7 heteroatoms. The fourth-order valence-electron chi connectivity index (χ4n) is 3.86. The summed E-state index contributed by atoms with van der Waals surface area (Å²) in [5.41, 5.74) is 1.57. The zero-order valence-corrected chi connectivity index (χ0v) is 15.5. The van der Waals surface area contributed by atoms with E-state index in [9.17, 15) is 18.3 Å². The molecule has 1 fully saturated rings. The number of para-hydroxylation sites is 1. The predicted molar refractivity (Wildman–Crippen MR) is 100 cm³/mol. The Morgan fingerprint density at radius 3 is 2.56 bits per heavy atom. The second kappa shape index (κ2) is 6.98. The van der Waals surface area contributed by atoms with E-state index in [1.165, 1.54) is 6.07 Å². The molecule has 0 aromatic heterocycles. The normalized spacial score (nSPS) is 19.4. The van der Waals surface area contributed by atoms with Gasteiger partial charge in [-0.3, -0.25) is 4.79 Å². The Hall–Kier alpha value is -2.38. The second-order valence-corrected chi connectivity index (χ2v) is 8.95. The van der Waals surface area contributed by atoms with Gasteiger partial charge < -0.3 is 15.2 Å². The van der Waals surface area contributed by atoms with Crippen LogP contribution in [0.5, 0.6) is 0 Å².